The molecule has 3 rings (SSSR count). The fourth-order valence-electron chi connectivity index (χ4n) is 2.90. The number of aliphatic carboxylic acids is 1. The summed E-state index contributed by atoms with van der Waals surface area (Å²) in [6.07, 6.45) is 0. The van der Waals surface area contributed by atoms with Crippen molar-refractivity contribution >= 4 is 39.4 Å². The van der Waals surface area contributed by atoms with Crippen molar-refractivity contribution in [1.82, 2.24) is 4.57 Å². The summed E-state index contributed by atoms with van der Waals surface area (Å²) in [6, 6.07) is 8.57. The summed E-state index contributed by atoms with van der Waals surface area (Å²) < 4.78 is 7.20. The summed E-state index contributed by atoms with van der Waals surface area (Å²) in [5.41, 5.74) is 1.73. The average molecular weight is 346 g/mol. The van der Waals surface area contributed by atoms with Gasteiger partial charge in [-0.2, -0.15) is 0 Å². The highest BCUT2D eigenvalue weighted by atomic mass is 35.5. The molecule has 0 fully saturated rings. The van der Waals surface area contributed by atoms with Crippen LogP contribution in [0.25, 0.3) is 21.8 Å². The maximum atomic E-state index is 12.8. The van der Waals surface area contributed by atoms with E-state index in [1.54, 1.807) is 35.8 Å². The first-order valence-corrected chi connectivity index (χ1v) is 7.91. The molecule has 1 N–H and O–H groups in total. The van der Waals surface area contributed by atoms with Gasteiger partial charge >= 0.3 is 5.97 Å². The van der Waals surface area contributed by atoms with Crippen LogP contribution < -0.4 is 10.2 Å². The second-order valence-corrected chi connectivity index (χ2v) is 5.94. The summed E-state index contributed by atoms with van der Waals surface area (Å²) in [4.78, 5) is 24.3. The van der Waals surface area contributed by atoms with Gasteiger partial charge in [-0.3, -0.25) is 9.59 Å². The Balaban J connectivity index is 2.59. The molecule has 0 saturated heterocycles. The Morgan fingerprint density at radius 3 is 2.62 bits per heavy atom. The number of ether oxygens (including phenoxy) is 1. The normalized spacial score (nSPS) is 11.1. The molecule has 0 amide bonds. The van der Waals surface area contributed by atoms with E-state index in [0.29, 0.717) is 39.2 Å². The van der Waals surface area contributed by atoms with Crippen LogP contribution in [-0.4, -0.2) is 22.2 Å². The third-order valence-corrected chi connectivity index (χ3v) is 4.17. The lowest BCUT2D eigenvalue weighted by Crippen LogP contribution is -2.17. The van der Waals surface area contributed by atoms with E-state index in [0.717, 1.165) is 5.56 Å². The fourth-order valence-corrected chi connectivity index (χ4v) is 3.11. The molecule has 6 heteroatoms. The number of carbonyl (C=O) groups is 1. The molecular weight excluding hydrogens is 330 g/mol. The molecule has 0 saturated carbocycles. The average Bonchev–Trinajstić information content (AvgIpc) is 2.53. The van der Waals surface area contributed by atoms with Crippen LogP contribution in [0.3, 0.4) is 0 Å². The van der Waals surface area contributed by atoms with E-state index in [9.17, 15) is 14.7 Å². The summed E-state index contributed by atoms with van der Waals surface area (Å²) in [7, 11) is 0. The maximum absolute atomic E-state index is 12.8. The molecule has 0 bridgehead atoms. The minimum absolute atomic E-state index is 0.167. The van der Waals surface area contributed by atoms with Crippen LogP contribution in [-0.2, 0) is 11.3 Å². The Morgan fingerprint density at radius 1 is 1.25 bits per heavy atom. The molecule has 24 heavy (non-hydrogen) atoms. The smallest absolute Gasteiger partial charge is 0.323 e. The van der Waals surface area contributed by atoms with Crippen molar-refractivity contribution in [3.63, 3.8) is 0 Å². The molecule has 3 aromatic rings. The van der Waals surface area contributed by atoms with Gasteiger partial charge in [-0.05, 0) is 43.7 Å². The van der Waals surface area contributed by atoms with E-state index in [-0.39, 0.29) is 12.0 Å². The topological polar surface area (TPSA) is 68.5 Å². The Hall–Kier alpha value is -2.53. The SMILES string of the molecule is CCOc1c(Cl)ccc2c(=O)c3ccc(C)cc3n(CC(=O)O)c12. The summed E-state index contributed by atoms with van der Waals surface area (Å²) in [6.45, 7) is 3.75. The van der Waals surface area contributed by atoms with Crippen molar-refractivity contribution in [1.29, 1.82) is 0 Å². The van der Waals surface area contributed by atoms with Crippen molar-refractivity contribution in [3.05, 3.63) is 51.1 Å². The van der Waals surface area contributed by atoms with E-state index in [4.69, 9.17) is 16.3 Å². The van der Waals surface area contributed by atoms with Gasteiger partial charge < -0.3 is 14.4 Å². The number of halogens is 1. The Labute approximate surface area is 143 Å². The molecule has 5 nitrogen and oxygen atoms in total. The zero-order valence-electron chi connectivity index (χ0n) is 13.3. The van der Waals surface area contributed by atoms with E-state index >= 15 is 0 Å². The Kier molecular flexibility index (Phi) is 4.20. The second kappa shape index (κ2) is 6.17. The van der Waals surface area contributed by atoms with Gasteiger partial charge in [0.05, 0.1) is 28.0 Å². The third-order valence-electron chi connectivity index (χ3n) is 3.87. The van der Waals surface area contributed by atoms with Gasteiger partial charge in [-0.25, -0.2) is 0 Å². The highest BCUT2D eigenvalue weighted by Gasteiger charge is 2.18. The largest absolute Gasteiger partial charge is 0.490 e. The van der Waals surface area contributed by atoms with Crippen LogP contribution >= 0.6 is 11.6 Å². The number of aryl methyl sites for hydroxylation is 1. The minimum Gasteiger partial charge on any atom is -0.490 e. The van der Waals surface area contributed by atoms with Crippen molar-refractivity contribution < 1.29 is 14.6 Å². The molecular formula is C18H16ClNO4. The van der Waals surface area contributed by atoms with Gasteiger partial charge in [0.15, 0.2) is 11.2 Å². The first-order chi connectivity index (χ1) is 11.4. The number of hydrogen-bond donors (Lipinski definition) is 1. The molecule has 0 spiro atoms. The standard InChI is InChI=1S/C18H16ClNO4/c1-3-24-18-13(19)7-6-12-16(18)20(9-15(21)22)14-8-10(2)4-5-11(14)17(12)23/h4-8H,3,9H2,1-2H3,(H,21,22). The first-order valence-electron chi connectivity index (χ1n) is 7.54. The van der Waals surface area contributed by atoms with Crippen LogP contribution in [0, 0.1) is 6.92 Å². The third kappa shape index (κ3) is 2.61. The monoisotopic (exact) mass is 345 g/mol. The molecule has 124 valence electrons. The lowest BCUT2D eigenvalue weighted by atomic mass is 10.1. The van der Waals surface area contributed by atoms with Crippen LogP contribution in [0.4, 0.5) is 0 Å². The molecule has 2 aromatic carbocycles. The first kappa shape index (κ1) is 16.3. The number of carboxylic acids is 1. The predicted molar refractivity (Wildman–Crippen MR) is 94.3 cm³/mol. The second-order valence-electron chi connectivity index (χ2n) is 5.54. The Bertz CT molecular complexity index is 1020. The quantitative estimate of drug-likeness (QED) is 0.733. The molecule has 1 heterocycles. The molecule has 0 atom stereocenters. The number of pyridine rings is 1. The zero-order chi connectivity index (χ0) is 17.4. The van der Waals surface area contributed by atoms with E-state index in [1.807, 2.05) is 13.0 Å². The van der Waals surface area contributed by atoms with E-state index in [2.05, 4.69) is 0 Å². The summed E-state index contributed by atoms with van der Waals surface area (Å²) in [5.74, 6) is -0.677. The molecule has 0 aliphatic carbocycles. The van der Waals surface area contributed by atoms with Gasteiger partial charge in [0.25, 0.3) is 0 Å². The molecule has 0 radical (unpaired) electrons. The van der Waals surface area contributed by atoms with Crippen LogP contribution in [0.5, 0.6) is 5.75 Å². The number of aromatic nitrogens is 1. The maximum Gasteiger partial charge on any atom is 0.323 e. The molecule has 0 aliphatic rings. The number of rotatable bonds is 4. The summed E-state index contributed by atoms with van der Waals surface area (Å²) >= 11 is 6.24. The number of nitrogens with zero attached hydrogens (tertiary/aromatic N) is 1. The van der Waals surface area contributed by atoms with Crippen LogP contribution in [0.1, 0.15) is 12.5 Å². The lowest BCUT2D eigenvalue weighted by molar-refractivity contribution is -0.137. The highest BCUT2D eigenvalue weighted by molar-refractivity contribution is 6.33. The summed E-state index contributed by atoms with van der Waals surface area (Å²) in [5, 5.41) is 10.5. The highest BCUT2D eigenvalue weighted by Crippen LogP contribution is 2.34. The Morgan fingerprint density at radius 2 is 1.96 bits per heavy atom. The number of hydrogen-bond acceptors (Lipinski definition) is 3. The number of carboxylic acid groups (broad SMARTS) is 1. The predicted octanol–water partition coefficient (Wildman–Crippen LogP) is 3.60. The molecule has 0 aliphatic heterocycles. The van der Waals surface area contributed by atoms with Gasteiger partial charge in [-0.1, -0.05) is 17.7 Å². The van der Waals surface area contributed by atoms with Crippen LogP contribution in [0.2, 0.25) is 5.02 Å². The fraction of sp³-hybridized carbons (Fsp3) is 0.222. The molecule has 0 unspecified atom stereocenters. The van der Waals surface area contributed by atoms with Gasteiger partial charge in [0.2, 0.25) is 0 Å². The van der Waals surface area contributed by atoms with Gasteiger partial charge in [0.1, 0.15) is 6.54 Å². The van der Waals surface area contributed by atoms with Crippen molar-refractivity contribution in [3.8, 4) is 5.75 Å². The van der Waals surface area contributed by atoms with Crippen molar-refractivity contribution in [2.75, 3.05) is 6.61 Å². The minimum atomic E-state index is -1.01. The van der Waals surface area contributed by atoms with Crippen LogP contribution in [0.15, 0.2) is 35.1 Å². The van der Waals surface area contributed by atoms with E-state index < -0.39 is 5.97 Å². The number of fused-ring (bicyclic) bond motifs is 2. The van der Waals surface area contributed by atoms with E-state index in [1.165, 1.54) is 0 Å². The van der Waals surface area contributed by atoms with Gasteiger partial charge in [0, 0.05) is 5.39 Å². The van der Waals surface area contributed by atoms with Crippen molar-refractivity contribution in [2.24, 2.45) is 0 Å². The zero-order valence-corrected chi connectivity index (χ0v) is 14.1. The van der Waals surface area contributed by atoms with Gasteiger partial charge in [-0.15, -0.1) is 0 Å². The van der Waals surface area contributed by atoms with Crippen molar-refractivity contribution in [2.45, 2.75) is 20.4 Å². The molecule has 1 aromatic heterocycles. The lowest BCUT2D eigenvalue weighted by Gasteiger charge is -2.17. The number of benzene rings is 2.